The number of benzene rings is 2. The molecule has 3 rings (SSSR count). The van der Waals surface area contributed by atoms with Crippen LogP contribution >= 0.6 is 0 Å². The van der Waals surface area contributed by atoms with Gasteiger partial charge in [0.1, 0.15) is 5.82 Å². The van der Waals surface area contributed by atoms with Gasteiger partial charge in [-0.05, 0) is 43.3 Å². The Morgan fingerprint density at radius 2 is 1.36 bits per heavy atom. The lowest BCUT2D eigenvalue weighted by molar-refractivity contribution is 0.207. The zero-order valence-electron chi connectivity index (χ0n) is 13.5. The van der Waals surface area contributed by atoms with Gasteiger partial charge in [-0.2, -0.15) is 15.0 Å². The van der Waals surface area contributed by atoms with E-state index in [-0.39, 0.29) is 11.8 Å². The van der Waals surface area contributed by atoms with Crippen molar-refractivity contribution in [2.45, 2.75) is 6.92 Å². The molecule has 1 heterocycles. The maximum absolute atomic E-state index is 13.0. The Bertz CT molecular complexity index is 813. The molecule has 3 N–H and O–H groups in total. The van der Waals surface area contributed by atoms with Crippen molar-refractivity contribution in [1.29, 1.82) is 0 Å². The monoisotopic (exact) mass is 340 g/mol. The molecule has 0 aliphatic rings. The number of nitrogens with zero attached hydrogens (tertiary/aromatic N) is 3. The number of aromatic nitrogens is 3. The Hall–Kier alpha value is -3.26. The molecule has 0 radical (unpaired) electrons. The van der Waals surface area contributed by atoms with Gasteiger partial charge >= 0.3 is 0 Å². The molecule has 3 aromatic rings. The largest absolute Gasteiger partial charge is 0.324 e. The van der Waals surface area contributed by atoms with Crippen LogP contribution in [0.4, 0.5) is 33.6 Å². The van der Waals surface area contributed by atoms with Crippen molar-refractivity contribution in [3.05, 3.63) is 60.4 Å². The number of para-hydroxylation sites is 1. The van der Waals surface area contributed by atoms with Gasteiger partial charge in [-0.15, -0.1) is 0 Å². The lowest BCUT2D eigenvalue weighted by Gasteiger charge is -2.11. The Morgan fingerprint density at radius 3 is 1.96 bits per heavy atom. The third kappa shape index (κ3) is 4.85. The van der Waals surface area contributed by atoms with E-state index in [1.54, 1.807) is 12.1 Å². The molecule has 0 spiro atoms. The van der Waals surface area contributed by atoms with E-state index in [2.05, 4.69) is 31.1 Å². The minimum absolute atomic E-state index is 0.250. The Balaban J connectivity index is 1.85. The first-order valence-electron chi connectivity index (χ1n) is 7.71. The highest BCUT2D eigenvalue weighted by molar-refractivity contribution is 5.58. The smallest absolute Gasteiger partial charge is 0.253 e. The van der Waals surface area contributed by atoms with Crippen molar-refractivity contribution in [1.82, 2.24) is 15.0 Å². The summed E-state index contributed by atoms with van der Waals surface area (Å²) in [7, 11) is 0. The first kappa shape index (κ1) is 16.6. The van der Waals surface area contributed by atoms with Gasteiger partial charge in [-0.25, -0.2) is 9.87 Å². The summed E-state index contributed by atoms with van der Waals surface area (Å²) >= 11 is 0. The molecule has 25 heavy (non-hydrogen) atoms. The van der Waals surface area contributed by atoms with Crippen molar-refractivity contribution in [2.24, 2.45) is 0 Å². The van der Waals surface area contributed by atoms with Crippen LogP contribution in [0.5, 0.6) is 0 Å². The molecular weight excluding hydrogens is 323 g/mol. The summed E-state index contributed by atoms with van der Waals surface area (Å²) in [4.78, 5) is 17.9. The van der Waals surface area contributed by atoms with E-state index in [4.69, 9.17) is 4.84 Å². The van der Waals surface area contributed by atoms with Gasteiger partial charge in [0.05, 0.1) is 6.61 Å². The lowest BCUT2D eigenvalue weighted by atomic mass is 10.3. The number of hydrogen-bond donors (Lipinski definition) is 3. The van der Waals surface area contributed by atoms with Crippen LogP contribution in [-0.4, -0.2) is 21.6 Å². The lowest BCUT2D eigenvalue weighted by Crippen LogP contribution is -2.10. The standard InChI is InChI=1S/C17H17FN6O/c1-2-25-24-17-22-15(19-13-6-4-3-5-7-13)21-16(23-17)20-14-10-8-12(18)9-11-14/h3-11H,2H2,1H3,(H3,19,20,21,22,23,24). The molecule has 7 nitrogen and oxygen atoms in total. The topological polar surface area (TPSA) is 84.0 Å². The third-order valence-corrected chi connectivity index (χ3v) is 3.07. The van der Waals surface area contributed by atoms with Crippen LogP contribution in [0.1, 0.15) is 6.92 Å². The molecule has 0 bridgehead atoms. The van der Waals surface area contributed by atoms with Gasteiger partial charge < -0.3 is 10.6 Å². The highest BCUT2D eigenvalue weighted by Gasteiger charge is 2.08. The summed E-state index contributed by atoms with van der Waals surface area (Å²) in [5.41, 5.74) is 4.14. The Morgan fingerprint density at radius 1 is 0.800 bits per heavy atom. The van der Waals surface area contributed by atoms with Crippen molar-refractivity contribution in [3.8, 4) is 0 Å². The molecule has 128 valence electrons. The number of hydrogen-bond acceptors (Lipinski definition) is 7. The summed E-state index contributed by atoms with van der Waals surface area (Å²) in [5.74, 6) is 0.571. The van der Waals surface area contributed by atoms with E-state index < -0.39 is 0 Å². The quantitative estimate of drug-likeness (QED) is 0.563. The Kier molecular flexibility index (Phi) is 5.32. The van der Waals surface area contributed by atoms with E-state index in [0.717, 1.165) is 5.69 Å². The zero-order chi connectivity index (χ0) is 17.5. The molecular formula is C17H17FN6O. The first-order chi connectivity index (χ1) is 12.2. The SMILES string of the molecule is CCONc1nc(Nc2ccccc2)nc(Nc2ccc(F)cc2)n1. The second-order valence-electron chi connectivity index (χ2n) is 4.96. The van der Waals surface area contributed by atoms with E-state index in [1.165, 1.54) is 12.1 Å². The average molecular weight is 340 g/mol. The second kappa shape index (κ2) is 8.02. The molecule has 0 saturated carbocycles. The fourth-order valence-electron chi connectivity index (χ4n) is 1.98. The number of anilines is 5. The van der Waals surface area contributed by atoms with Crippen LogP contribution in [0.15, 0.2) is 54.6 Å². The first-order valence-corrected chi connectivity index (χ1v) is 7.71. The minimum Gasteiger partial charge on any atom is -0.324 e. The summed E-state index contributed by atoms with van der Waals surface area (Å²) in [5, 5.41) is 6.11. The maximum Gasteiger partial charge on any atom is 0.253 e. The number of nitrogens with one attached hydrogen (secondary N) is 3. The van der Waals surface area contributed by atoms with Crippen molar-refractivity contribution < 1.29 is 9.23 Å². The Labute approximate surface area is 144 Å². The molecule has 0 aliphatic heterocycles. The van der Waals surface area contributed by atoms with Crippen LogP contribution in [0, 0.1) is 5.82 Å². The third-order valence-electron chi connectivity index (χ3n) is 3.07. The molecule has 0 atom stereocenters. The van der Waals surface area contributed by atoms with Gasteiger partial charge in [-0.1, -0.05) is 18.2 Å². The van der Waals surface area contributed by atoms with E-state index in [1.807, 2.05) is 37.3 Å². The highest BCUT2D eigenvalue weighted by atomic mass is 19.1. The molecule has 2 aromatic carbocycles. The summed E-state index contributed by atoms with van der Waals surface area (Å²) in [6.45, 7) is 2.29. The number of rotatable bonds is 7. The highest BCUT2D eigenvalue weighted by Crippen LogP contribution is 2.18. The summed E-state index contributed by atoms with van der Waals surface area (Å²) in [6, 6.07) is 15.4. The van der Waals surface area contributed by atoms with E-state index in [0.29, 0.717) is 24.2 Å². The zero-order valence-corrected chi connectivity index (χ0v) is 13.5. The van der Waals surface area contributed by atoms with Gasteiger partial charge in [0.15, 0.2) is 0 Å². The minimum atomic E-state index is -0.314. The van der Waals surface area contributed by atoms with Crippen molar-refractivity contribution in [2.75, 3.05) is 22.7 Å². The molecule has 0 saturated heterocycles. The van der Waals surface area contributed by atoms with Crippen LogP contribution in [-0.2, 0) is 4.84 Å². The van der Waals surface area contributed by atoms with Gasteiger partial charge in [0, 0.05) is 11.4 Å². The van der Waals surface area contributed by atoms with Crippen LogP contribution in [0.2, 0.25) is 0 Å². The molecule has 0 unspecified atom stereocenters. The normalized spacial score (nSPS) is 10.3. The predicted octanol–water partition coefficient (Wildman–Crippen LogP) is 3.86. The molecule has 0 aliphatic carbocycles. The molecule has 0 amide bonds. The fourth-order valence-corrected chi connectivity index (χ4v) is 1.98. The maximum atomic E-state index is 13.0. The average Bonchev–Trinajstić information content (AvgIpc) is 2.63. The molecule has 8 heteroatoms. The summed E-state index contributed by atoms with van der Waals surface area (Å²) < 4.78 is 13.0. The van der Waals surface area contributed by atoms with Crippen LogP contribution in [0.3, 0.4) is 0 Å². The summed E-state index contributed by atoms with van der Waals surface area (Å²) in [6.07, 6.45) is 0. The van der Waals surface area contributed by atoms with Gasteiger partial charge in [0.2, 0.25) is 11.9 Å². The van der Waals surface area contributed by atoms with E-state index in [9.17, 15) is 4.39 Å². The van der Waals surface area contributed by atoms with Crippen LogP contribution in [0.25, 0.3) is 0 Å². The van der Waals surface area contributed by atoms with Crippen LogP contribution < -0.4 is 16.1 Å². The van der Waals surface area contributed by atoms with Crippen molar-refractivity contribution >= 4 is 29.2 Å². The van der Waals surface area contributed by atoms with Gasteiger partial charge in [0.25, 0.3) is 5.95 Å². The molecule has 0 fully saturated rings. The van der Waals surface area contributed by atoms with Crippen molar-refractivity contribution in [3.63, 3.8) is 0 Å². The second-order valence-corrected chi connectivity index (χ2v) is 4.96. The van der Waals surface area contributed by atoms with Gasteiger partial charge in [-0.3, -0.25) is 4.84 Å². The predicted molar refractivity (Wildman–Crippen MR) is 94.5 cm³/mol. The molecule has 1 aromatic heterocycles. The fraction of sp³-hybridized carbons (Fsp3) is 0.118. The number of halogens is 1. The van der Waals surface area contributed by atoms with E-state index >= 15 is 0 Å².